The van der Waals surface area contributed by atoms with Gasteiger partial charge in [0.25, 0.3) is 0 Å². The number of alkyl halides is 3. The second-order valence-corrected chi connectivity index (χ2v) is 6.66. The first-order valence-electron chi connectivity index (χ1n) is 8.47. The molecular weight excluding hydrogens is 345 g/mol. The van der Waals surface area contributed by atoms with Gasteiger partial charge >= 0.3 is 6.18 Å². The van der Waals surface area contributed by atoms with Crippen LogP contribution in [0.2, 0.25) is 0 Å². The van der Waals surface area contributed by atoms with Gasteiger partial charge in [0.15, 0.2) is 0 Å². The maximum atomic E-state index is 13.1. The first-order chi connectivity index (χ1) is 12.3. The molecule has 140 valence electrons. The summed E-state index contributed by atoms with van der Waals surface area (Å²) >= 11 is 0. The predicted molar refractivity (Wildman–Crippen MR) is 93.6 cm³/mol. The average Bonchev–Trinajstić information content (AvgIpc) is 3.40. The summed E-state index contributed by atoms with van der Waals surface area (Å²) in [7, 11) is 0. The van der Waals surface area contributed by atoms with Crippen molar-refractivity contribution in [3.63, 3.8) is 0 Å². The fourth-order valence-electron chi connectivity index (χ4n) is 2.60. The number of rotatable bonds is 6. The summed E-state index contributed by atoms with van der Waals surface area (Å²) in [6.07, 6.45) is -2.34. The molecule has 0 radical (unpaired) electrons. The number of aliphatic hydroxyl groups excluding tert-OH is 1. The zero-order valence-electron chi connectivity index (χ0n) is 14.6. The Morgan fingerprint density at radius 1 is 1.23 bits per heavy atom. The van der Waals surface area contributed by atoms with Crippen molar-refractivity contribution in [2.24, 2.45) is 0 Å². The van der Waals surface area contributed by atoms with Crippen LogP contribution in [0, 0.1) is 6.92 Å². The van der Waals surface area contributed by atoms with E-state index in [1.54, 1.807) is 19.1 Å². The maximum absolute atomic E-state index is 13.1. The number of hydrogen-bond acceptors (Lipinski definition) is 5. The van der Waals surface area contributed by atoms with Crippen LogP contribution in [-0.2, 0) is 6.18 Å². The second kappa shape index (κ2) is 7.11. The molecular formula is C18H21F3N4O. The highest BCUT2D eigenvalue weighted by molar-refractivity contribution is 5.60. The summed E-state index contributed by atoms with van der Waals surface area (Å²) in [5.74, 6) is 1.13. The van der Waals surface area contributed by atoms with Crippen LogP contribution in [0.15, 0.2) is 24.3 Å². The summed E-state index contributed by atoms with van der Waals surface area (Å²) in [4.78, 5) is 8.76. The van der Waals surface area contributed by atoms with Crippen molar-refractivity contribution in [1.82, 2.24) is 9.97 Å². The minimum atomic E-state index is -4.41. The smallest absolute Gasteiger partial charge is 0.394 e. The minimum absolute atomic E-state index is 0.0767. The molecule has 3 rings (SSSR count). The molecule has 1 aromatic carbocycles. The third-order valence-corrected chi connectivity index (χ3v) is 4.21. The zero-order chi connectivity index (χ0) is 18.9. The van der Waals surface area contributed by atoms with Crippen molar-refractivity contribution in [1.29, 1.82) is 0 Å². The molecule has 1 saturated carbocycles. The molecule has 1 atom stereocenters. The van der Waals surface area contributed by atoms with Crippen LogP contribution in [0.25, 0.3) is 0 Å². The van der Waals surface area contributed by atoms with Crippen molar-refractivity contribution < 1.29 is 18.3 Å². The van der Waals surface area contributed by atoms with E-state index in [4.69, 9.17) is 0 Å². The fourth-order valence-corrected chi connectivity index (χ4v) is 2.60. The summed E-state index contributed by atoms with van der Waals surface area (Å²) < 4.78 is 39.3. The number of halogens is 3. The molecule has 0 spiro atoms. The van der Waals surface area contributed by atoms with E-state index in [2.05, 4.69) is 20.6 Å². The van der Waals surface area contributed by atoms with Gasteiger partial charge in [-0.2, -0.15) is 18.2 Å². The van der Waals surface area contributed by atoms with Gasteiger partial charge in [-0.1, -0.05) is 6.07 Å². The van der Waals surface area contributed by atoms with Gasteiger partial charge < -0.3 is 15.7 Å². The van der Waals surface area contributed by atoms with E-state index < -0.39 is 11.7 Å². The third-order valence-electron chi connectivity index (χ3n) is 4.21. The van der Waals surface area contributed by atoms with Crippen LogP contribution >= 0.6 is 0 Å². The van der Waals surface area contributed by atoms with E-state index >= 15 is 0 Å². The van der Waals surface area contributed by atoms with Crippen LogP contribution < -0.4 is 10.6 Å². The maximum Gasteiger partial charge on any atom is 0.416 e. The Morgan fingerprint density at radius 2 is 1.96 bits per heavy atom. The summed E-state index contributed by atoms with van der Waals surface area (Å²) in [5, 5.41) is 15.1. The molecule has 8 heteroatoms. The normalized spacial score (nSPS) is 15.6. The zero-order valence-corrected chi connectivity index (χ0v) is 14.6. The van der Waals surface area contributed by atoms with Crippen molar-refractivity contribution in [2.75, 3.05) is 17.2 Å². The van der Waals surface area contributed by atoms with E-state index in [1.165, 1.54) is 13.0 Å². The van der Waals surface area contributed by atoms with Crippen LogP contribution in [0.3, 0.4) is 0 Å². The molecule has 1 fully saturated rings. The van der Waals surface area contributed by atoms with Gasteiger partial charge in [-0.3, -0.25) is 0 Å². The first kappa shape index (κ1) is 18.4. The highest BCUT2D eigenvalue weighted by atomic mass is 19.4. The number of benzene rings is 1. The van der Waals surface area contributed by atoms with Gasteiger partial charge in [-0.15, -0.1) is 0 Å². The largest absolute Gasteiger partial charge is 0.416 e. The van der Waals surface area contributed by atoms with Crippen LogP contribution in [0.1, 0.15) is 42.5 Å². The molecule has 1 aliphatic carbocycles. The molecule has 1 heterocycles. The lowest BCUT2D eigenvalue weighted by atomic mass is 10.1. The fraction of sp³-hybridized carbons (Fsp3) is 0.444. The summed E-state index contributed by atoms with van der Waals surface area (Å²) in [5.41, 5.74) is 0.651. The molecule has 5 nitrogen and oxygen atoms in total. The third kappa shape index (κ3) is 4.43. The van der Waals surface area contributed by atoms with E-state index in [-0.39, 0.29) is 18.2 Å². The lowest BCUT2D eigenvalue weighted by molar-refractivity contribution is -0.138. The van der Waals surface area contributed by atoms with Crippen molar-refractivity contribution >= 4 is 17.5 Å². The Hall–Kier alpha value is -2.35. The number of anilines is 3. The van der Waals surface area contributed by atoms with E-state index in [9.17, 15) is 18.3 Å². The summed E-state index contributed by atoms with van der Waals surface area (Å²) in [6.45, 7) is 3.14. The molecule has 0 aliphatic heterocycles. The SMILES string of the molecule is Cc1ccc(Nc2cc(C3CC3)nc(N[C@@H](C)CO)n2)cc1C(F)(F)F. The molecule has 0 saturated heterocycles. The Balaban J connectivity index is 1.89. The lowest BCUT2D eigenvalue weighted by Crippen LogP contribution is -2.21. The molecule has 2 aromatic rings. The standard InChI is InChI=1S/C18H21F3N4O/c1-10-3-6-13(7-14(10)18(19,20)21)23-16-8-15(12-4-5-12)24-17(25-16)22-11(2)9-26/h3,6-8,11-12,26H,4-5,9H2,1-2H3,(H2,22,23,24,25)/t11-/m0/s1. The topological polar surface area (TPSA) is 70.1 Å². The van der Waals surface area contributed by atoms with Crippen LogP contribution in [-0.4, -0.2) is 27.7 Å². The molecule has 26 heavy (non-hydrogen) atoms. The molecule has 0 bridgehead atoms. The molecule has 0 amide bonds. The van der Waals surface area contributed by atoms with Gasteiger partial charge in [-0.25, -0.2) is 4.98 Å². The van der Waals surface area contributed by atoms with Gasteiger partial charge in [-0.05, 0) is 44.4 Å². The van der Waals surface area contributed by atoms with Crippen LogP contribution in [0.5, 0.6) is 0 Å². The Morgan fingerprint density at radius 3 is 2.58 bits per heavy atom. The number of nitrogens with one attached hydrogen (secondary N) is 2. The van der Waals surface area contributed by atoms with E-state index in [0.717, 1.165) is 24.6 Å². The van der Waals surface area contributed by atoms with Gasteiger partial charge in [0.1, 0.15) is 5.82 Å². The van der Waals surface area contributed by atoms with Gasteiger partial charge in [0, 0.05) is 23.7 Å². The number of hydrogen-bond donors (Lipinski definition) is 3. The van der Waals surface area contributed by atoms with E-state index in [0.29, 0.717) is 23.4 Å². The van der Waals surface area contributed by atoms with Crippen molar-refractivity contribution in [3.8, 4) is 0 Å². The average molecular weight is 366 g/mol. The summed E-state index contributed by atoms with van der Waals surface area (Å²) in [6, 6.07) is 5.64. The quantitative estimate of drug-likeness (QED) is 0.714. The number of aliphatic hydroxyl groups is 1. The van der Waals surface area contributed by atoms with Crippen molar-refractivity contribution in [3.05, 3.63) is 41.1 Å². The van der Waals surface area contributed by atoms with Gasteiger partial charge in [0.05, 0.1) is 17.9 Å². The predicted octanol–water partition coefficient (Wildman–Crippen LogP) is 4.22. The number of aromatic nitrogens is 2. The molecule has 0 unspecified atom stereocenters. The Bertz CT molecular complexity index is 790. The Labute approximate surface area is 149 Å². The van der Waals surface area contributed by atoms with E-state index in [1.807, 2.05) is 0 Å². The van der Waals surface area contributed by atoms with Crippen molar-refractivity contribution in [2.45, 2.75) is 44.8 Å². The monoisotopic (exact) mass is 366 g/mol. The molecule has 1 aliphatic rings. The number of aryl methyl sites for hydroxylation is 1. The van der Waals surface area contributed by atoms with Crippen LogP contribution in [0.4, 0.5) is 30.6 Å². The Kier molecular flexibility index (Phi) is 5.04. The van der Waals surface area contributed by atoms with Gasteiger partial charge in [0.2, 0.25) is 5.95 Å². The first-order valence-corrected chi connectivity index (χ1v) is 8.47. The molecule has 3 N–H and O–H groups in total. The highest BCUT2D eigenvalue weighted by Crippen LogP contribution is 2.40. The lowest BCUT2D eigenvalue weighted by Gasteiger charge is -2.15. The number of nitrogens with zero attached hydrogens (tertiary/aromatic N) is 2. The minimum Gasteiger partial charge on any atom is -0.394 e. The highest BCUT2D eigenvalue weighted by Gasteiger charge is 2.32. The second-order valence-electron chi connectivity index (χ2n) is 6.66. The molecule has 1 aromatic heterocycles.